The zero-order chi connectivity index (χ0) is 25.6. The Morgan fingerprint density at radius 1 is 0.667 bits per heavy atom. The maximum Gasteiger partial charge on any atom is 0.228 e. The third-order valence-electron chi connectivity index (χ3n) is 8.63. The summed E-state index contributed by atoms with van der Waals surface area (Å²) in [5, 5.41) is 0. The summed E-state index contributed by atoms with van der Waals surface area (Å²) in [5.74, 6) is 1.05. The summed E-state index contributed by atoms with van der Waals surface area (Å²) in [4.78, 5) is 0. The van der Waals surface area contributed by atoms with Crippen LogP contribution in [0, 0.1) is 0 Å². The summed E-state index contributed by atoms with van der Waals surface area (Å²) >= 11 is 0. The van der Waals surface area contributed by atoms with Gasteiger partial charge in [0.05, 0.1) is 12.6 Å². The molecule has 4 aromatic rings. The molecule has 0 N–H and O–H groups in total. The normalized spacial score (nSPS) is 19.9. The molecule has 0 amide bonds. The SMILES string of the molecule is CC1c2cc(C(C)(C)c3ccccc3)cc(C(C)(C)c3ccccc3)c2OC[N+]1(C)c1ccccc1. The maximum absolute atomic E-state index is 6.75. The fourth-order valence-corrected chi connectivity index (χ4v) is 5.66. The first-order valence-electron chi connectivity index (χ1n) is 13.0. The molecule has 2 heteroatoms. The van der Waals surface area contributed by atoms with E-state index < -0.39 is 0 Å². The standard InChI is InChI=1S/C34H38NO/c1-25-30-22-28(33(2,3)26-16-10-7-11-17-26)23-31(34(4,5)27-18-12-8-13-19-27)32(30)36-24-35(25,6)29-20-14-9-15-21-29/h7-23,25H,24H2,1-6H3/q+1. The average Bonchev–Trinajstić information content (AvgIpc) is 2.91. The Morgan fingerprint density at radius 2 is 1.17 bits per heavy atom. The lowest BCUT2D eigenvalue weighted by Gasteiger charge is -2.45. The largest absolute Gasteiger partial charge is 0.444 e. The van der Waals surface area contributed by atoms with Crippen LogP contribution in [0.3, 0.4) is 0 Å². The van der Waals surface area contributed by atoms with E-state index in [-0.39, 0.29) is 16.9 Å². The quantitative estimate of drug-likeness (QED) is 0.263. The molecule has 184 valence electrons. The highest BCUT2D eigenvalue weighted by atomic mass is 16.5. The van der Waals surface area contributed by atoms with Crippen molar-refractivity contribution in [2.24, 2.45) is 0 Å². The third-order valence-corrected chi connectivity index (χ3v) is 8.63. The monoisotopic (exact) mass is 476 g/mol. The molecule has 0 fully saturated rings. The molecule has 1 heterocycles. The van der Waals surface area contributed by atoms with Gasteiger partial charge in [0.15, 0.2) is 0 Å². The number of fused-ring (bicyclic) bond motifs is 1. The molecule has 2 nitrogen and oxygen atoms in total. The number of benzene rings is 4. The van der Waals surface area contributed by atoms with Gasteiger partial charge in [-0.3, -0.25) is 4.48 Å². The minimum atomic E-state index is -0.207. The first-order chi connectivity index (χ1) is 17.2. The highest BCUT2D eigenvalue weighted by Crippen LogP contribution is 2.49. The molecule has 36 heavy (non-hydrogen) atoms. The minimum Gasteiger partial charge on any atom is -0.444 e. The van der Waals surface area contributed by atoms with Gasteiger partial charge in [-0.15, -0.1) is 0 Å². The predicted molar refractivity (Wildman–Crippen MR) is 152 cm³/mol. The molecule has 1 aliphatic heterocycles. The molecule has 0 spiro atoms. The van der Waals surface area contributed by atoms with E-state index in [2.05, 4.69) is 145 Å². The highest BCUT2D eigenvalue weighted by Gasteiger charge is 2.43. The Hall–Kier alpha value is -3.36. The average molecular weight is 477 g/mol. The number of hydrogen-bond donors (Lipinski definition) is 0. The molecule has 0 aliphatic carbocycles. The van der Waals surface area contributed by atoms with Crippen molar-refractivity contribution in [3.05, 3.63) is 131 Å². The van der Waals surface area contributed by atoms with Gasteiger partial charge in [-0.05, 0) is 41.8 Å². The molecule has 0 radical (unpaired) electrons. The van der Waals surface area contributed by atoms with E-state index in [4.69, 9.17) is 4.74 Å². The summed E-state index contributed by atoms with van der Waals surface area (Å²) in [6.07, 6.45) is 0. The second kappa shape index (κ2) is 8.94. The fourth-order valence-electron chi connectivity index (χ4n) is 5.66. The lowest BCUT2D eigenvalue weighted by molar-refractivity contribution is 0.0921. The molecule has 2 unspecified atom stereocenters. The molecular formula is C34H38NO+. The number of hydrogen-bond acceptors (Lipinski definition) is 1. The van der Waals surface area contributed by atoms with E-state index in [0.29, 0.717) is 11.2 Å². The number of quaternary nitrogens is 1. The van der Waals surface area contributed by atoms with Gasteiger partial charge < -0.3 is 4.74 Å². The van der Waals surface area contributed by atoms with Crippen LogP contribution < -0.4 is 9.22 Å². The smallest absolute Gasteiger partial charge is 0.228 e. The van der Waals surface area contributed by atoms with Gasteiger partial charge in [-0.25, -0.2) is 0 Å². The van der Waals surface area contributed by atoms with Crippen LogP contribution in [-0.4, -0.2) is 13.8 Å². The van der Waals surface area contributed by atoms with Gasteiger partial charge in [0.2, 0.25) is 6.73 Å². The molecule has 0 saturated carbocycles. The topological polar surface area (TPSA) is 9.23 Å². The Balaban J connectivity index is 1.74. The molecule has 5 rings (SSSR count). The number of rotatable bonds is 5. The molecule has 0 bridgehead atoms. The van der Waals surface area contributed by atoms with Crippen molar-refractivity contribution in [3.63, 3.8) is 0 Å². The van der Waals surface area contributed by atoms with Crippen molar-refractivity contribution in [2.75, 3.05) is 13.8 Å². The Kier molecular flexibility index (Phi) is 6.04. The second-order valence-electron chi connectivity index (χ2n) is 11.5. The van der Waals surface area contributed by atoms with Gasteiger partial charge >= 0.3 is 0 Å². The lowest BCUT2D eigenvalue weighted by atomic mass is 9.71. The molecule has 0 aromatic heterocycles. The summed E-state index contributed by atoms with van der Waals surface area (Å²) in [7, 11) is 2.29. The Bertz CT molecular complexity index is 1340. The summed E-state index contributed by atoms with van der Waals surface area (Å²) in [6, 6.07) is 37.5. The highest BCUT2D eigenvalue weighted by molar-refractivity contribution is 5.58. The van der Waals surface area contributed by atoms with Crippen LogP contribution in [0.15, 0.2) is 103 Å². The predicted octanol–water partition coefficient (Wildman–Crippen LogP) is 8.39. The first-order valence-corrected chi connectivity index (χ1v) is 13.0. The van der Waals surface area contributed by atoms with Crippen molar-refractivity contribution in [2.45, 2.75) is 51.5 Å². The van der Waals surface area contributed by atoms with Gasteiger partial charge in [-0.2, -0.15) is 0 Å². The van der Waals surface area contributed by atoms with Crippen LogP contribution in [0.25, 0.3) is 0 Å². The van der Waals surface area contributed by atoms with Crippen molar-refractivity contribution >= 4 is 5.69 Å². The van der Waals surface area contributed by atoms with Crippen molar-refractivity contribution in [3.8, 4) is 5.75 Å². The van der Waals surface area contributed by atoms with Crippen molar-refractivity contribution in [1.29, 1.82) is 0 Å². The molecular weight excluding hydrogens is 438 g/mol. The van der Waals surface area contributed by atoms with E-state index in [0.717, 1.165) is 5.75 Å². The van der Waals surface area contributed by atoms with Crippen LogP contribution in [0.5, 0.6) is 5.75 Å². The summed E-state index contributed by atoms with van der Waals surface area (Å²) in [6.45, 7) is 12.3. The van der Waals surface area contributed by atoms with Crippen LogP contribution >= 0.6 is 0 Å². The van der Waals surface area contributed by atoms with E-state index in [1.54, 1.807) is 0 Å². The molecule has 4 aromatic carbocycles. The summed E-state index contributed by atoms with van der Waals surface area (Å²) in [5.41, 5.74) is 7.40. The van der Waals surface area contributed by atoms with Gasteiger partial charge in [0.25, 0.3) is 0 Å². The molecule has 0 saturated heterocycles. The zero-order valence-electron chi connectivity index (χ0n) is 22.5. The van der Waals surface area contributed by atoms with Gasteiger partial charge in [-0.1, -0.05) is 113 Å². The number of nitrogens with zero attached hydrogens (tertiary/aromatic N) is 1. The van der Waals surface area contributed by atoms with E-state index in [9.17, 15) is 0 Å². The van der Waals surface area contributed by atoms with Crippen LogP contribution in [-0.2, 0) is 10.8 Å². The third kappa shape index (κ3) is 3.94. The summed E-state index contributed by atoms with van der Waals surface area (Å²) < 4.78 is 7.47. The van der Waals surface area contributed by atoms with Crippen molar-refractivity contribution < 1.29 is 4.74 Å². The Morgan fingerprint density at radius 3 is 1.72 bits per heavy atom. The number of para-hydroxylation sites is 1. The maximum atomic E-state index is 6.75. The number of ether oxygens (including phenoxy) is 1. The zero-order valence-corrected chi connectivity index (χ0v) is 22.5. The van der Waals surface area contributed by atoms with Crippen molar-refractivity contribution in [1.82, 2.24) is 4.48 Å². The lowest BCUT2D eigenvalue weighted by Crippen LogP contribution is -2.52. The van der Waals surface area contributed by atoms with Crippen LogP contribution in [0.2, 0.25) is 0 Å². The fraction of sp³-hybridized carbons (Fsp3) is 0.294. The second-order valence-corrected chi connectivity index (χ2v) is 11.5. The molecule has 2 atom stereocenters. The van der Waals surface area contributed by atoms with Gasteiger partial charge in [0.1, 0.15) is 17.5 Å². The Labute approximate surface area is 216 Å². The first kappa shape index (κ1) is 24.3. The van der Waals surface area contributed by atoms with E-state index in [1.165, 1.54) is 33.5 Å². The molecule has 1 aliphatic rings. The minimum absolute atomic E-state index is 0.148. The van der Waals surface area contributed by atoms with Crippen LogP contribution in [0.1, 0.15) is 68.5 Å². The van der Waals surface area contributed by atoms with E-state index >= 15 is 0 Å². The van der Waals surface area contributed by atoms with E-state index in [1.807, 2.05) is 0 Å². The van der Waals surface area contributed by atoms with Gasteiger partial charge in [0, 0.05) is 16.4 Å². The van der Waals surface area contributed by atoms with Crippen LogP contribution in [0.4, 0.5) is 5.69 Å².